The van der Waals surface area contributed by atoms with Gasteiger partial charge in [-0.25, -0.2) is 0 Å². The number of benzene rings is 1. The van der Waals surface area contributed by atoms with Gasteiger partial charge in [0.2, 0.25) is 0 Å². The van der Waals surface area contributed by atoms with Crippen LogP contribution in [0.3, 0.4) is 0 Å². The monoisotopic (exact) mass is 212 g/mol. The highest BCUT2D eigenvalue weighted by Crippen LogP contribution is 2.30. The molecule has 76 valence electrons. The zero-order chi connectivity index (χ0) is 10.6. The minimum Gasteiger partial charge on any atom is -0.496 e. The quantitative estimate of drug-likeness (QED) is 0.718. The molecule has 1 atom stereocenters. The average Bonchev–Trinajstić information content (AvgIpc) is 2.18. The molecule has 0 aliphatic rings. The van der Waals surface area contributed by atoms with E-state index in [1.807, 2.05) is 19.1 Å². The Labute approximate surface area is 88.8 Å². The van der Waals surface area contributed by atoms with Crippen molar-refractivity contribution >= 4 is 17.9 Å². The second kappa shape index (κ2) is 5.01. The largest absolute Gasteiger partial charge is 0.496 e. The summed E-state index contributed by atoms with van der Waals surface area (Å²) in [7, 11) is 1.61. The van der Waals surface area contributed by atoms with Gasteiger partial charge in [-0.05, 0) is 29.7 Å². The Hall–Kier alpha value is -1.02. The molecule has 0 aromatic heterocycles. The number of ether oxygens (including phenoxy) is 1. The Bertz CT molecular complexity index is 323. The molecule has 0 radical (unpaired) electrons. The van der Waals surface area contributed by atoms with Gasteiger partial charge in [0.15, 0.2) is 0 Å². The summed E-state index contributed by atoms with van der Waals surface area (Å²) in [6.07, 6.45) is 1.39. The van der Waals surface area contributed by atoms with E-state index in [-0.39, 0.29) is 5.92 Å². The van der Waals surface area contributed by atoms with E-state index >= 15 is 0 Å². The van der Waals surface area contributed by atoms with Crippen molar-refractivity contribution in [1.82, 2.24) is 0 Å². The molecule has 1 aromatic rings. The molecule has 0 fully saturated rings. The van der Waals surface area contributed by atoms with Crippen LogP contribution in [0.25, 0.3) is 0 Å². The van der Waals surface area contributed by atoms with Gasteiger partial charge in [-0.2, -0.15) is 0 Å². The van der Waals surface area contributed by atoms with Crippen molar-refractivity contribution in [3.8, 4) is 5.75 Å². The van der Waals surface area contributed by atoms with Crippen molar-refractivity contribution in [2.24, 2.45) is 0 Å². The lowest BCUT2D eigenvalue weighted by atomic mass is 9.97. The molecular formula is C11H13ClO2. The van der Waals surface area contributed by atoms with Crippen molar-refractivity contribution in [1.29, 1.82) is 0 Å². The lowest BCUT2D eigenvalue weighted by Gasteiger charge is -2.13. The number of aldehydes is 1. The molecule has 0 heterocycles. The highest BCUT2D eigenvalue weighted by molar-refractivity contribution is 6.30. The highest BCUT2D eigenvalue weighted by atomic mass is 35.5. The first-order chi connectivity index (χ1) is 6.69. The topological polar surface area (TPSA) is 26.3 Å². The first-order valence-corrected chi connectivity index (χ1v) is 4.84. The Balaban J connectivity index is 3.02. The number of methoxy groups -OCH3 is 1. The molecule has 0 saturated carbocycles. The van der Waals surface area contributed by atoms with Crippen LogP contribution in [-0.4, -0.2) is 13.4 Å². The van der Waals surface area contributed by atoms with Crippen molar-refractivity contribution in [2.45, 2.75) is 19.3 Å². The zero-order valence-corrected chi connectivity index (χ0v) is 9.04. The first-order valence-electron chi connectivity index (χ1n) is 4.46. The summed E-state index contributed by atoms with van der Waals surface area (Å²) in [5, 5.41) is 0.665. The van der Waals surface area contributed by atoms with Gasteiger partial charge in [0.05, 0.1) is 7.11 Å². The average molecular weight is 213 g/mol. The molecule has 1 aromatic carbocycles. The number of hydrogen-bond donors (Lipinski definition) is 0. The Morgan fingerprint density at radius 3 is 2.86 bits per heavy atom. The molecule has 0 N–H and O–H groups in total. The van der Waals surface area contributed by atoms with E-state index < -0.39 is 0 Å². The van der Waals surface area contributed by atoms with Gasteiger partial charge in [-0.3, -0.25) is 0 Å². The zero-order valence-electron chi connectivity index (χ0n) is 8.29. The molecule has 3 heteroatoms. The van der Waals surface area contributed by atoms with Crippen LogP contribution in [0, 0.1) is 0 Å². The predicted octanol–water partition coefficient (Wildman–Crippen LogP) is 3.04. The summed E-state index contributed by atoms with van der Waals surface area (Å²) in [5.74, 6) is 0.921. The third-order valence-corrected chi connectivity index (χ3v) is 2.41. The number of hydrogen-bond acceptors (Lipinski definition) is 2. The maximum Gasteiger partial charge on any atom is 0.122 e. The SMILES string of the molecule is COc1ccc(Cl)cc1C(C)CC=O. The van der Waals surface area contributed by atoms with Gasteiger partial charge in [-0.1, -0.05) is 18.5 Å². The van der Waals surface area contributed by atoms with Crippen LogP contribution in [0.4, 0.5) is 0 Å². The van der Waals surface area contributed by atoms with Crippen LogP contribution in [0.15, 0.2) is 18.2 Å². The van der Waals surface area contributed by atoms with E-state index in [0.717, 1.165) is 17.6 Å². The standard InChI is InChI=1S/C11H13ClO2/c1-8(5-6-13)10-7-9(12)3-4-11(10)14-2/h3-4,6-8H,5H2,1-2H3. The van der Waals surface area contributed by atoms with Crippen molar-refractivity contribution < 1.29 is 9.53 Å². The van der Waals surface area contributed by atoms with Gasteiger partial charge < -0.3 is 9.53 Å². The van der Waals surface area contributed by atoms with Crippen molar-refractivity contribution in [3.63, 3.8) is 0 Å². The maximum absolute atomic E-state index is 10.4. The second-order valence-corrected chi connectivity index (χ2v) is 3.63. The summed E-state index contributed by atoms with van der Waals surface area (Å²) in [6.45, 7) is 1.97. The van der Waals surface area contributed by atoms with Crippen molar-refractivity contribution in [3.05, 3.63) is 28.8 Å². The minimum absolute atomic E-state index is 0.140. The summed E-state index contributed by atoms with van der Waals surface area (Å²) in [4.78, 5) is 10.4. The normalized spacial score (nSPS) is 12.2. The van der Waals surface area contributed by atoms with Gasteiger partial charge in [0.25, 0.3) is 0 Å². The molecule has 0 saturated heterocycles. The fourth-order valence-corrected chi connectivity index (χ4v) is 1.54. The second-order valence-electron chi connectivity index (χ2n) is 3.19. The highest BCUT2D eigenvalue weighted by Gasteiger charge is 2.11. The minimum atomic E-state index is 0.140. The van der Waals surface area contributed by atoms with E-state index in [4.69, 9.17) is 16.3 Å². The summed E-state index contributed by atoms with van der Waals surface area (Å²) >= 11 is 5.87. The molecule has 0 bridgehead atoms. The Morgan fingerprint density at radius 2 is 2.29 bits per heavy atom. The van der Waals surface area contributed by atoms with E-state index in [0.29, 0.717) is 11.4 Å². The van der Waals surface area contributed by atoms with E-state index in [2.05, 4.69) is 0 Å². The number of carbonyl (C=O) groups is 1. The molecule has 0 amide bonds. The first kappa shape index (κ1) is 11.1. The van der Waals surface area contributed by atoms with Gasteiger partial charge in [0.1, 0.15) is 12.0 Å². The summed E-state index contributed by atoms with van der Waals surface area (Å²) in [6, 6.07) is 5.44. The third kappa shape index (κ3) is 2.48. The van der Waals surface area contributed by atoms with Gasteiger partial charge in [-0.15, -0.1) is 0 Å². The maximum atomic E-state index is 10.4. The van der Waals surface area contributed by atoms with Crippen molar-refractivity contribution in [2.75, 3.05) is 7.11 Å². The van der Waals surface area contributed by atoms with Crippen LogP contribution in [0.1, 0.15) is 24.8 Å². The molecule has 0 aliphatic heterocycles. The lowest BCUT2D eigenvalue weighted by molar-refractivity contribution is -0.108. The molecule has 0 spiro atoms. The van der Waals surface area contributed by atoms with Crippen LogP contribution in [0.2, 0.25) is 5.02 Å². The molecule has 14 heavy (non-hydrogen) atoms. The van der Waals surface area contributed by atoms with E-state index in [1.165, 1.54) is 0 Å². The lowest BCUT2D eigenvalue weighted by Crippen LogP contribution is -1.98. The predicted molar refractivity (Wildman–Crippen MR) is 57.1 cm³/mol. The smallest absolute Gasteiger partial charge is 0.122 e. The molecule has 1 unspecified atom stereocenters. The molecule has 1 rings (SSSR count). The van der Waals surface area contributed by atoms with E-state index in [1.54, 1.807) is 13.2 Å². The van der Waals surface area contributed by atoms with Crippen LogP contribution in [-0.2, 0) is 4.79 Å². The van der Waals surface area contributed by atoms with Gasteiger partial charge in [0, 0.05) is 11.4 Å². The number of carbonyl (C=O) groups excluding carboxylic acids is 1. The molecular weight excluding hydrogens is 200 g/mol. The Kier molecular flexibility index (Phi) is 3.96. The fourth-order valence-electron chi connectivity index (χ4n) is 1.36. The van der Waals surface area contributed by atoms with Crippen LogP contribution in [0.5, 0.6) is 5.75 Å². The van der Waals surface area contributed by atoms with Crippen LogP contribution >= 0.6 is 11.6 Å². The molecule has 2 nitrogen and oxygen atoms in total. The molecule has 0 aliphatic carbocycles. The van der Waals surface area contributed by atoms with Gasteiger partial charge >= 0.3 is 0 Å². The summed E-state index contributed by atoms with van der Waals surface area (Å²) in [5.41, 5.74) is 0.979. The summed E-state index contributed by atoms with van der Waals surface area (Å²) < 4.78 is 5.19. The number of halogens is 1. The fraction of sp³-hybridized carbons (Fsp3) is 0.364. The number of rotatable bonds is 4. The van der Waals surface area contributed by atoms with Crippen LogP contribution < -0.4 is 4.74 Å². The Morgan fingerprint density at radius 1 is 1.57 bits per heavy atom. The van der Waals surface area contributed by atoms with E-state index in [9.17, 15) is 4.79 Å². The third-order valence-electron chi connectivity index (χ3n) is 2.17.